The van der Waals surface area contributed by atoms with Crippen molar-refractivity contribution < 1.29 is 9.90 Å². The molecular weight excluding hydrogens is 186 g/mol. The van der Waals surface area contributed by atoms with Crippen LogP contribution in [0.5, 0.6) is 0 Å². The van der Waals surface area contributed by atoms with Crippen LogP contribution in [0.3, 0.4) is 0 Å². The Bertz CT molecular complexity index is 561. The van der Waals surface area contributed by atoms with E-state index in [-0.39, 0.29) is 22.3 Å². The van der Waals surface area contributed by atoms with Gasteiger partial charge in [0.2, 0.25) is 5.82 Å². The third kappa shape index (κ3) is 1.22. The number of aromatic nitrogens is 3. The molecule has 0 aliphatic carbocycles. The van der Waals surface area contributed by atoms with Gasteiger partial charge in [-0.3, -0.25) is 4.79 Å². The summed E-state index contributed by atoms with van der Waals surface area (Å²) in [5.74, 6) is -1.56. The molecule has 0 atom stereocenters. The van der Waals surface area contributed by atoms with Crippen molar-refractivity contribution in [2.24, 2.45) is 0 Å². The van der Waals surface area contributed by atoms with Crippen molar-refractivity contribution in [2.75, 3.05) is 0 Å². The molecule has 2 N–H and O–H groups in total. The molecule has 6 nitrogen and oxygen atoms in total. The molecule has 0 aliphatic heterocycles. The third-order valence-electron chi connectivity index (χ3n) is 1.70. The summed E-state index contributed by atoms with van der Waals surface area (Å²) in [5, 5.41) is 8.87. The molecule has 0 spiro atoms. The quantitative estimate of drug-likeness (QED) is 0.662. The number of carboxylic acid groups (broad SMARTS) is 1. The number of hydrogen-bond acceptors (Lipinski definition) is 4. The van der Waals surface area contributed by atoms with Crippen LogP contribution in [0.2, 0.25) is 0 Å². The van der Waals surface area contributed by atoms with Crippen molar-refractivity contribution in [3.63, 3.8) is 0 Å². The van der Waals surface area contributed by atoms with Gasteiger partial charge in [-0.05, 0) is 0 Å². The molecule has 2 rings (SSSR count). The van der Waals surface area contributed by atoms with E-state index >= 15 is 0 Å². The number of nitrogens with one attached hydrogen (secondary N) is 1. The van der Waals surface area contributed by atoms with Gasteiger partial charge < -0.3 is 10.1 Å². The number of hydrogen-bond donors (Lipinski definition) is 2. The van der Waals surface area contributed by atoms with Crippen molar-refractivity contribution in [1.29, 1.82) is 0 Å². The Labute approximate surface area is 77.3 Å². The van der Waals surface area contributed by atoms with Crippen molar-refractivity contribution >= 4 is 17.0 Å². The Kier molecular flexibility index (Phi) is 1.74. The molecule has 0 saturated carbocycles. The number of carboxylic acids is 1. The van der Waals surface area contributed by atoms with E-state index in [4.69, 9.17) is 5.11 Å². The maximum absolute atomic E-state index is 11.2. The number of aromatic amines is 1. The van der Waals surface area contributed by atoms with E-state index in [1.807, 2.05) is 0 Å². The van der Waals surface area contributed by atoms with Crippen LogP contribution in [-0.4, -0.2) is 26.0 Å². The number of rotatable bonds is 1. The van der Waals surface area contributed by atoms with Gasteiger partial charge in [0, 0.05) is 18.5 Å². The standard InChI is InChI=1S/C8H5N3O3/c12-5-1-2-9-6-4(5)3-10-7(11-6)8(13)14/h1-3H,(H,13,14)(H,9,10,11,12). The molecule has 70 valence electrons. The molecule has 0 aliphatic rings. The van der Waals surface area contributed by atoms with E-state index in [1.165, 1.54) is 18.5 Å². The highest BCUT2D eigenvalue weighted by Gasteiger charge is 2.08. The minimum atomic E-state index is -1.23. The van der Waals surface area contributed by atoms with E-state index in [2.05, 4.69) is 15.0 Å². The molecule has 6 heteroatoms. The fourth-order valence-corrected chi connectivity index (χ4v) is 1.06. The molecule has 0 saturated heterocycles. The summed E-state index contributed by atoms with van der Waals surface area (Å²) in [6, 6.07) is 1.33. The van der Waals surface area contributed by atoms with Crippen LogP contribution in [0.1, 0.15) is 10.6 Å². The van der Waals surface area contributed by atoms with E-state index in [0.717, 1.165) is 0 Å². The lowest BCUT2D eigenvalue weighted by molar-refractivity contribution is 0.0684. The van der Waals surface area contributed by atoms with Crippen LogP contribution < -0.4 is 5.43 Å². The molecule has 14 heavy (non-hydrogen) atoms. The van der Waals surface area contributed by atoms with Gasteiger partial charge >= 0.3 is 5.97 Å². The van der Waals surface area contributed by atoms with E-state index in [0.29, 0.717) is 0 Å². The molecule has 0 radical (unpaired) electrons. The summed E-state index contributed by atoms with van der Waals surface area (Å²) in [5.41, 5.74) is -0.0133. The zero-order valence-corrected chi connectivity index (χ0v) is 6.89. The number of nitrogens with zero attached hydrogens (tertiary/aromatic N) is 2. The Morgan fingerprint density at radius 3 is 3.00 bits per heavy atom. The van der Waals surface area contributed by atoms with Crippen LogP contribution in [0, 0.1) is 0 Å². The molecule has 2 heterocycles. The molecular formula is C8H5N3O3. The molecule has 0 amide bonds. The predicted octanol–water partition coefficient (Wildman–Crippen LogP) is 0.0163. The molecule has 2 aromatic rings. The highest BCUT2D eigenvalue weighted by molar-refractivity contribution is 5.85. The second-order valence-corrected chi connectivity index (χ2v) is 2.60. The van der Waals surface area contributed by atoms with Crippen molar-refractivity contribution in [1.82, 2.24) is 15.0 Å². The lowest BCUT2D eigenvalue weighted by Gasteiger charge is -1.96. The van der Waals surface area contributed by atoms with Gasteiger partial charge in [0.05, 0.1) is 5.39 Å². The maximum atomic E-state index is 11.2. The zero-order chi connectivity index (χ0) is 10.1. The SMILES string of the molecule is O=C(O)c1ncc2c(=O)cc[nH]c2n1. The number of carbonyl (C=O) groups is 1. The van der Waals surface area contributed by atoms with E-state index in [9.17, 15) is 9.59 Å². The van der Waals surface area contributed by atoms with Gasteiger partial charge in [-0.15, -0.1) is 0 Å². The van der Waals surface area contributed by atoms with E-state index < -0.39 is 5.97 Å². The Balaban J connectivity index is 2.80. The first-order valence-electron chi connectivity index (χ1n) is 3.76. The first-order chi connectivity index (χ1) is 6.68. The smallest absolute Gasteiger partial charge is 0.374 e. The van der Waals surface area contributed by atoms with Crippen LogP contribution in [-0.2, 0) is 0 Å². The maximum Gasteiger partial charge on any atom is 0.374 e. The molecule has 0 bridgehead atoms. The van der Waals surface area contributed by atoms with Crippen molar-refractivity contribution in [3.05, 3.63) is 34.5 Å². The summed E-state index contributed by atoms with van der Waals surface area (Å²) >= 11 is 0. The normalized spacial score (nSPS) is 10.3. The second-order valence-electron chi connectivity index (χ2n) is 2.60. The Morgan fingerprint density at radius 1 is 1.50 bits per heavy atom. The van der Waals surface area contributed by atoms with Gasteiger partial charge in [0.25, 0.3) is 0 Å². The molecule has 0 fully saturated rings. The van der Waals surface area contributed by atoms with Crippen LogP contribution in [0.4, 0.5) is 0 Å². The van der Waals surface area contributed by atoms with Crippen molar-refractivity contribution in [2.45, 2.75) is 0 Å². The largest absolute Gasteiger partial charge is 0.475 e. The van der Waals surface area contributed by atoms with Gasteiger partial charge in [-0.2, -0.15) is 0 Å². The minimum absolute atomic E-state index is 0.227. The van der Waals surface area contributed by atoms with Crippen LogP contribution in [0.15, 0.2) is 23.3 Å². The first-order valence-corrected chi connectivity index (χ1v) is 3.76. The van der Waals surface area contributed by atoms with Gasteiger partial charge in [-0.1, -0.05) is 0 Å². The predicted molar refractivity (Wildman–Crippen MR) is 47.1 cm³/mol. The number of pyridine rings is 1. The van der Waals surface area contributed by atoms with Gasteiger partial charge in [0.1, 0.15) is 5.65 Å². The van der Waals surface area contributed by atoms with Gasteiger partial charge in [0.15, 0.2) is 5.43 Å². The summed E-state index contributed by atoms with van der Waals surface area (Å²) in [7, 11) is 0. The third-order valence-corrected chi connectivity index (χ3v) is 1.70. The number of H-pyrrole nitrogens is 1. The van der Waals surface area contributed by atoms with Crippen molar-refractivity contribution in [3.8, 4) is 0 Å². The average molecular weight is 191 g/mol. The van der Waals surface area contributed by atoms with Crippen LogP contribution in [0.25, 0.3) is 11.0 Å². The fraction of sp³-hybridized carbons (Fsp3) is 0. The molecule has 0 unspecified atom stereocenters. The Morgan fingerprint density at radius 2 is 2.29 bits per heavy atom. The Hall–Kier alpha value is -2.24. The highest BCUT2D eigenvalue weighted by Crippen LogP contribution is 2.01. The number of aromatic carboxylic acids is 1. The van der Waals surface area contributed by atoms with Gasteiger partial charge in [-0.25, -0.2) is 14.8 Å². The topological polar surface area (TPSA) is 95.9 Å². The first kappa shape index (κ1) is 8.36. The fourth-order valence-electron chi connectivity index (χ4n) is 1.06. The summed E-state index contributed by atoms with van der Waals surface area (Å²) < 4.78 is 0. The molecule has 2 aromatic heterocycles. The highest BCUT2D eigenvalue weighted by atomic mass is 16.4. The monoisotopic (exact) mass is 191 g/mol. The summed E-state index contributed by atoms with van der Waals surface area (Å²) in [4.78, 5) is 31.6. The molecule has 0 aromatic carbocycles. The minimum Gasteiger partial charge on any atom is -0.475 e. The lowest BCUT2D eigenvalue weighted by atomic mass is 10.3. The van der Waals surface area contributed by atoms with Crippen LogP contribution >= 0.6 is 0 Å². The zero-order valence-electron chi connectivity index (χ0n) is 6.89. The van der Waals surface area contributed by atoms with E-state index in [1.54, 1.807) is 0 Å². The summed E-state index contributed by atoms with van der Waals surface area (Å²) in [6.07, 6.45) is 2.61. The average Bonchev–Trinajstić information content (AvgIpc) is 2.17. The lowest BCUT2D eigenvalue weighted by Crippen LogP contribution is -2.08. The summed E-state index contributed by atoms with van der Waals surface area (Å²) in [6.45, 7) is 0. The second kappa shape index (κ2) is 2.91. The number of fused-ring (bicyclic) bond motifs is 1.